The fraction of sp³-hybridized carbons (Fsp3) is 0.731. The highest BCUT2D eigenvalue weighted by Crippen LogP contribution is 2.53. The number of aliphatic hydroxyl groups excluding tert-OH is 1. The minimum Gasteiger partial charge on any atom is -0.465 e. The first-order valence-electron chi connectivity index (χ1n) is 12.9. The summed E-state index contributed by atoms with van der Waals surface area (Å²) in [5, 5.41) is 9.27. The van der Waals surface area contributed by atoms with E-state index in [1.165, 1.54) is 0 Å². The molecule has 0 aliphatic carbocycles. The SMILES string of the molecule is CCCCCN1CC=C[C@]23O[C@H]4/C=C\CCCCOC(=O)[C@H]4[C@H]2C(=O)N(CCCCO)C3C1=O. The highest BCUT2D eigenvalue weighted by Gasteiger charge is 2.71. The summed E-state index contributed by atoms with van der Waals surface area (Å²) in [6.45, 7) is 3.91. The molecule has 0 aromatic rings. The summed E-state index contributed by atoms with van der Waals surface area (Å²) in [7, 11) is 0. The summed E-state index contributed by atoms with van der Waals surface area (Å²) in [4.78, 5) is 44.4. The number of rotatable bonds is 8. The second kappa shape index (κ2) is 11.0. The molecular weight excluding hydrogens is 436 g/mol. The minimum absolute atomic E-state index is 0.0244. The van der Waals surface area contributed by atoms with E-state index in [4.69, 9.17) is 9.47 Å². The zero-order valence-corrected chi connectivity index (χ0v) is 20.2. The van der Waals surface area contributed by atoms with Crippen molar-refractivity contribution in [1.29, 1.82) is 0 Å². The number of aliphatic hydroxyl groups is 1. The maximum absolute atomic E-state index is 13.9. The van der Waals surface area contributed by atoms with Gasteiger partial charge in [0.25, 0.3) is 0 Å². The topological polar surface area (TPSA) is 96.4 Å². The summed E-state index contributed by atoms with van der Waals surface area (Å²) in [6.07, 6.45) is 13.7. The molecule has 2 amide bonds. The number of fused-ring (bicyclic) bond motifs is 2. The van der Waals surface area contributed by atoms with Crippen LogP contribution in [0.5, 0.6) is 0 Å². The highest BCUT2D eigenvalue weighted by molar-refractivity contribution is 5.99. The van der Waals surface area contributed by atoms with Gasteiger partial charge in [0, 0.05) is 26.2 Å². The van der Waals surface area contributed by atoms with E-state index >= 15 is 0 Å². The molecule has 2 saturated heterocycles. The average Bonchev–Trinajstić information content (AvgIpc) is 3.21. The zero-order chi connectivity index (χ0) is 24.1. The van der Waals surface area contributed by atoms with Crippen molar-refractivity contribution in [2.24, 2.45) is 11.8 Å². The quantitative estimate of drug-likeness (QED) is 0.329. The monoisotopic (exact) mass is 474 g/mol. The van der Waals surface area contributed by atoms with Gasteiger partial charge in [-0.15, -0.1) is 0 Å². The van der Waals surface area contributed by atoms with E-state index in [1.807, 2.05) is 29.2 Å². The second-order valence-corrected chi connectivity index (χ2v) is 9.79. The Morgan fingerprint density at radius 1 is 1.06 bits per heavy atom. The number of unbranched alkanes of at least 4 members (excludes halogenated alkanes) is 3. The Hall–Kier alpha value is -2.19. The van der Waals surface area contributed by atoms with Crippen molar-refractivity contribution in [2.75, 3.05) is 32.8 Å². The number of carbonyl (C=O) groups is 3. The van der Waals surface area contributed by atoms with Gasteiger partial charge in [0.05, 0.1) is 18.6 Å². The summed E-state index contributed by atoms with van der Waals surface area (Å²) < 4.78 is 12.1. The zero-order valence-electron chi connectivity index (χ0n) is 20.2. The van der Waals surface area contributed by atoms with Gasteiger partial charge in [-0.1, -0.05) is 44.1 Å². The van der Waals surface area contributed by atoms with E-state index in [2.05, 4.69) is 6.92 Å². The number of likely N-dealkylation sites (tertiary alicyclic amines) is 1. The Kier molecular flexibility index (Phi) is 8.09. The average molecular weight is 475 g/mol. The summed E-state index contributed by atoms with van der Waals surface area (Å²) in [6, 6.07) is -0.817. The molecule has 188 valence electrons. The number of esters is 1. The molecule has 0 aromatic heterocycles. The van der Waals surface area contributed by atoms with Gasteiger partial charge in [0.1, 0.15) is 17.6 Å². The number of nitrogens with zero attached hydrogens (tertiary/aromatic N) is 2. The molecule has 1 unspecified atom stereocenters. The Bertz CT molecular complexity index is 826. The number of ether oxygens (including phenoxy) is 2. The van der Waals surface area contributed by atoms with Crippen LogP contribution in [-0.4, -0.2) is 83.3 Å². The number of hydrogen-bond acceptors (Lipinski definition) is 6. The van der Waals surface area contributed by atoms with E-state index in [1.54, 1.807) is 4.90 Å². The maximum Gasteiger partial charge on any atom is 0.312 e. The number of allylic oxidation sites excluding steroid dienone is 1. The van der Waals surface area contributed by atoms with Crippen molar-refractivity contribution < 1.29 is 29.0 Å². The van der Waals surface area contributed by atoms with Crippen LogP contribution in [0.2, 0.25) is 0 Å². The van der Waals surface area contributed by atoms with Gasteiger partial charge in [0.15, 0.2) is 0 Å². The molecule has 8 heteroatoms. The largest absolute Gasteiger partial charge is 0.465 e. The summed E-state index contributed by atoms with van der Waals surface area (Å²) >= 11 is 0. The van der Waals surface area contributed by atoms with Crippen LogP contribution in [0.15, 0.2) is 24.3 Å². The van der Waals surface area contributed by atoms with Crippen molar-refractivity contribution in [3.05, 3.63) is 24.3 Å². The standard InChI is InChI=1S/C26H38N2O6/c1-2-3-7-14-27-15-11-13-26-21(23(30)28(16-8-9-17-29)22(26)24(27)31)20-19(34-26)12-6-4-5-10-18-33-25(20)32/h6,11-13,19-22,29H,2-5,7-10,14-18H2,1H3/b12-6-/t19-,20+,21-,22?,26-/m0/s1. The van der Waals surface area contributed by atoms with Gasteiger partial charge in [0.2, 0.25) is 11.8 Å². The molecule has 4 heterocycles. The molecule has 2 fully saturated rings. The lowest BCUT2D eigenvalue weighted by molar-refractivity contribution is -0.155. The number of cyclic esters (lactones) is 1. The first-order valence-corrected chi connectivity index (χ1v) is 12.9. The predicted octanol–water partition coefficient (Wildman–Crippen LogP) is 2.21. The van der Waals surface area contributed by atoms with Crippen LogP contribution < -0.4 is 0 Å². The Labute approximate surface area is 201 Å². The Morgan fingerprint density at radius 3 is 2.68 bits per heavy atom. The van der Waals surface area contributed by atoms with Crippen molar-refractivity contribution in [3.8, 4) is 0 Å². The third-order valence-corrected chi connectivity index (χ3v) is 7.52. The lowest BCUT2D eigenvalue weighted by Gasteiger charge is -2.35. The van der Waals surface area contributed by atoms with Gasteiger partial charge < -0.3 is 24.4 Å². The molecular formula is C26H38N2O6. The van der Waals surface area contributed by atoms with Gasteiger partial charge >= 0.3 is 5.97 Å². The van der Waals surface area contributed by atoms with Crippen LogP contribution in [-0.2, 0) is 23.9 Å². The first kappa shape index (κ1) is 24.9. The van der Waals surface area contributed by atoms with Crippen LogP contribution >= 0.6 is 0 Å². The van der Waals surface area contributed by atoms with E-state index in [0.717, 1.165) is 38.5 Å². The number of carbonyl (C=O) groups excluding carboxylic acids is 3. The third-order valence-electron chi connectivity index (χ3n) is 7.52. The molecule has 0 radical (unpaired) electrons. The van der Waals surface area contributed by atoms with E-state index in [-0.39, 0.29) is 18.4 Å². The van der Waals surface area contributed by atoms with Crippen molar-refractivity contribution in [1.82, 2.24) is 9.80 Å². The summed E-state index contributed by atoms with van der Waals surface area (Å²) in [5.41, 5.74) is -1.19. The molecule has 1 N–H and O–H groups in total. The Balaban J connectivity index is 1.72. The summed E-state index contributed by atoms with van der Waals surface area (Å²) in [5.74, 6) is -2.36. The predicted molar refractivity (Wildman–Crippen MR) is 126 cm³/mol. The molecule has 0 saturated carbocycles. The van der Waals surface area contributed by atoms with Gasteiger partial charge in [-0.05, 0) is 38.5 Å². The first-order chi connectivity index (χ1) is 16.5. The molecule has 4 aliphatic rings. The molecule has 4 aliphatic heterocycles. The third kappa shape index (κ3) is 4.54. The van der Waals surface area contributed by atoms with E-state index in [9.17, 15) is 19.5 Å². The van der Waals surface area contributed by atoms with E-state index in [0.29, 0.717) is 39.1 Å². The molecule has 8 nitrogen and oxygen atoms in total. The molecule has 0 aromatic carbocycles. The minimum atomic E-state index is -1.19. The van der Waals surface area contributed by atoms with Crippen molar-refractivity contribution in [3.63, 3.8) is 0 Å². The van der Waals surface area contributed by atoms with Crippen LogP contribution in [0.25, 0.3) is 0 Å². The number of hydrogen-bond donors (Lipinski definition) is 1. The maximum atomic E-state index is 13.9. The van der Waals surface area contributed by atoms with Crippen molar-refractivity contribution in [2.45, 2.75) is 76.0 Å². The van der Waals surface area contributed by atoms with Gasteiger partial charge in [-0.25, -0.2) is 0 Å². The fourth-order valence-corrected chi connectivity index (χ4v) is 5.85. The van der Waals surface area contributed by atoms with E-state index < -0.39 is 35.6 Å². The van der Waals surface area contributed by atoms with Crippen LogP contribution in [0, 0.1) is 11.8 Å². The van der Waals surface area contributed by atoms with Gasteiger partial charge in [-0.3, -0.25) is 14.4 Å². The number of amides is 2. The lowest BCUT2D eigenvalue weighted by atomic mass is 9.78. The van der Waals surface area contributed by atoms with Gasteiger partial charge in [-0.2, -0.15) is 0 Å². The van der Waals surface area contributed by atoms with Crippen LogP contribution in [0.1, 0.15) is 58.3 Å². The molecule has 34 heavy (non-hydrogen) atoms. The second-order valence-electron chi connectivity index (χ2n) is 9.79. The molecule has 0 bridgehead atoms. The van der Waals surface area contributed by atoms with Crippen molar-refractivity contribution >= 4 is 17.8 Å². The molecule has 4 rings (SSSR count). The normalized spacial score (nSPS) is 34.4. The van der Waals surface area contributed by atoms with Crippen LogP contribution in [0.3, 0.4) is 0 Å². The van der Waals surface area contributed by atoms with Crippen LogP contribution in [0.4, 0.5) is 0 Å². The smallest absolute Gasteiger partial charge is 0.312 e. The Morgan fingerprint density at radius 2 is 1.88 bits per heavy atom. The highest BCUT2D eigenvalue weighted by atomic mass is 16.6. The molecule has 5 atom stereocenters. The fourth-order valence-electron chi connectivity index (χ4n) is 5.85. The molecule has 1 spiro atoms. The lowest BCUT2D eigenvalue weighted by Crippen LogP contribution is -2.55.